The van der Waals surface area contributed by atoms with Crippen LogP contribution in [-0.4, -0.2) is 37.7 Å². The minimum Gasteiger partial charge on any atom is -0.398 e. The highest BCUT2D eigenvalue weighted by atomic mass is 32.2. The van der Waals surface area contributed by atoms with E-state index in [0.717, 1.165) is 11.1 Å². The molecule has 0 aliphatic carbocycles. The Labute approximate surface area is 120 Å². The van der Waals surface area contributed by atoms with Gasteiger partial charge in [0.25, 0.3) is 0 Å². The van der Waals surface area contributed by atoms with Gasteiger partial charge in [-0.1, -0.05) is 12.1 Å². The Morgan fingerprint density at radius 2 is 2.15 bits per heavy atom. The first-order valence-electron chi connectivity index (χ1n) is 6.86. The van der Waals surface area contributed by atoms with E-state index < -0.39 is 10.0 Å². The Morgan fingerprint density at radius 3 is 2.85 bits per heavy atom. The zero-order valence-electron chi connectivity index (χ0n) is 12.0. The number of nitrogens with zero attached hydrogens (tertiary/aromatic N) is 1. The Balaban J connectivity index is 2.06. The molecule has 112 valence electrons. The molecule has 0 fully saturated rings. The first-order valence-corrected chi connectivity index (χ1v) is 8.47. The number of anilines is 1. The van der Waals surface area contributed by atoms with Gasteiger partial charge in [0, 0.05) is 18.8 Å². The molecule has 1 aliphatic heterocycles. The van der Waals surface area contributed by atoms with E-state index in [4.69, 9.17) is 10.5 Å². The molecule has 1 heterocycles. The van der Waals surface area contributed by atoms with Crippen molar-refractivity contribution < 1.29 is 13.2 Å². The number of ether oxygens (including phenoxy) is 1. The number of hydrogen-bond acceptors (Lipinski definition) is 4. The molecule has 2 N–H and O–H groups in total. The highest BCUT2D eigenvalue weighted by Gasteiger charge is 2.27. The highest BCUT2D eigenvalue weighted by molar-refractivity contribution is 7.89. The van der Waals surface area contributed by atoms with Gasteiger partial charge in [-0.05, 0) is 37.5 Å². The van der Waals surface area contributed by atoms with Crippen molar-refractivity contribution in [2.24, 2.45) is 0 Å². The first kappa shape index (κ1) is 15.3. The number of sulfonamides is 1. The lowest BCUT2D eigenvalue weighted by Crippen LogP contribution is -2.38. The summed E-state index contributed by atoms with van der Waals surface area (Å²) >= 11 is 0. The Morgan fingerprint density at radius 1 is 1.40 bits per heavy atom. The van der Waals surface area contributed by atoms with Crippen LogP contribution in [0.4, 0.5) is 5.69 Å². The van der Waals surface area contributed by atoms with E-state index in [9.17, 15) is 8.42 Å². The summed E-state index contributed by atoms with van der Waals surface area (Å²) in [5.74, 6) is 0.0211. The van der Waals surface area contributed by atoms with E-state index in [0.29, 0.717) is 25.2 Å². The maximum Gasteiger partial charge on any atom is 0.216 e. The molecular weight excluding hydrogens is 276 g/mol. The minimum absolute atomic E-state index is 0.0211. The molecule has 0 bridgehead atoms. The lowest BCUT2D eigenvalue weighted by Gasteiger charge is -2.29. The normalized spacial score (nSPS) is 16.4. The third-order valence-electron chi connectivity index (χ3n) is 3.46. The van der Waals surface area contributed by atoms with Gasteiger partial charge in [-0.25, -0.2) is 8.42 Å². The molecule has 6 heteroatoms. The monoisotopic (exact) mass is 298 g/mol. The highest BCUT2D eigenvalue weighted by Crippen LogP contribution is 2.25. The molecule has 0 radical (unpaired) electrons. The van der Waals surface area contributed by atoms with Crippen LogP contribution in [0.1, 0.15) is 25.0 Å². The third kappa shape index (κ3) is 3.50. The zero-order chi connectivity index (χ0) is 14.8. The molecule has 0 atom stereocenters. The fraction of sp³-hybridized carbons (Fsp3) is 0.571. The second-order valence-electron chi connectivity index (χ2n) is 5.30. The van der Waals surface area contributed by atoms with Gasteiger partial charge in [-0.3, -0.25) is 0 Å². The van der Waals surface area contributed by atoms with Crippen LogP contribution in [0.5, 0.6) is 0 Å². The van der Waals surface area contributed by atoms with E-state index in [1.54, 1.807) is 0 Å². The lowest BCUT2D eigenvalue weighted by molar-refractivity contribution is 0.0906. The SMILES string of the molecule is CC(C)OCCS(=O)(=O)N1CCc2cccc(N)c2C1. The van der Waals surface area contributed by atoms with Crippen molar-refractivity contribution in [3.63, 3.8) is 0 Å². The van der Waals surface area contributed by atoms with Gasteiger partial charge in [0.2, 0.25) is 10.0 Å². The third-order valence-corrected chi connectivity index (χ3v) is 5.24. The summed E-state index contributed by atoms with van der Waals surface area (Å²) in [5, 5.41) is 0. The largest absolute Gasteiger partial charge is 0.398 e. The topological polar surface area (TPSA) is 72.6 Å². The van der Waals surface area contributed by atoms with Crippen molar-refractivity contribution >= 4 is 15.7 Å². The van der Waals surface area contributed by atoms with E-state index in [1.807, 2.05) is 32.0 Å². The Hall–Kier alpha value is -1.11. The Kier molecular flexibility index (Phi) is 4.67. The first-order chi connectivity index (χ1) is 9.40. The molecule has 1 aliphatic rings. The van der Waals surface area contributed by atoms with Crippen LogP contribution in [0.3, 0.4) is 0 Å². The zero-order valence-corrected chi connectivity index (χ0v) is 12.8. The molecule has 1 aromatic carbocycles. The van der Waals surface area contributed by atoms with Gasteiger partial charge in [-0.15, -0.1) is 0 Å². The molecule has 0 saturated carbocycles. The molecule has 20 heavy (non-hydrogen) atoms. The van der Waals surface area contributed by atoms with Gasteiger partial charge < -0.3 is 10.5 Å². The van der Waals surface area contributed by atoms with Crippen molar-refractivity contribution in [3.05, 3.63) is 29.3 Å². The Bertz CT molecular complexity index is 570. The van der Waals surface area contributed by atoms with Crippen molar-refractivity contribution in [2.45, 2.75) is 32.9 Å². The molecule has 1 aromatic rings. The number of nitrogen functional groups attached to an aromatic ring is 1. The van der Waals surface area contributed by atoms with Gasteiger partial charge in [0.1, 0.15) is 0 Å². The summed E-state index contributed by atoms with van der Waals surface area (Å²) in [7, 11) is -3.29. The minimum atomic E-state index is -3.29. The number of benzene rings is 1. The standard InChI is InChI=1S/C14H22N2O3S/c1-11(2)19-8-9-20(17,18)16-7-6-12-4-3-5-14(15)13(12)10-16/h3-5,11H,6-10,15H2,1-2H3. The average Bonchev–Trinajstić information content (AvgIpc) is 2.38. The van der Waals surface area contributed by atoms with Crippen LogP contribution in [0, 0.1) is 0 Å². The maximum atomic E-state index is 12.3. The molecule has 0 unspecified atom stereocenters. The number of rotatable bonds is 5. The van der Waals surface area contributed by atoms with Crippen molar-refractivity contribution in [1.29, 1.82) is 0 Å². The predicted octanol–water partition coefficient (Wildman–Crippen LogP) is 1.38. The summed E-state index contributed by atoms with van der Waals surface area (Å²) in [4.78, 5) is 0. The van der Waals surface area contributed by atoms with E-state index in [1.165, 1.54) is 4.31 Å². The number of hydrogen-bond donors (Lipinski definition) is 1. The smallest absolute Gasteiger partial charge is 0.216 e. The van der Waals surface area contributed by atoms with Crippen molar-refractivity contribution in [1.82, 2.24) is 4.31 Å². The summed E-state index contributed by atoms with van der Waals surface area (Å²) in [6, 6.07) is 5.74. The summed E-state index contributed by atoms with van der Waals surface area (Å²) in [6.45, 7) is 4.90. The molecular formula is C14H22N2O3S. The van der Waals surface area contributed by atoms with Crippen LogP contribution in [0.15, 0.2) is 18.2 Å². The number of nitrogens with two attached hydrogens (primary N) is 1. The van der Waals surface area contributed by atoms with Crippen molar-refractivity contribution in [2.75, 3.05) is 24.6 Å². The second kappa shape index (κ2) is 6.11. The van der Waals surface area contributed by atoms with Crippen LogP contribution < -0.4 is 5.73 Å². The molecule has 0 saturated heterocycles. The fourth-order valence-electron chi connectivity index (χ4n) is 2.34. The van der Waals surface area contributed by atoms with Gasteiger partial charge in [0.15, 0.2) is 0 Å². The average molecular weight is 298 g/mol. The molecule has 2 rings (SSSR count). The predicted molar refractivity (Wildman–Crippen MR) is 79.8 cm³/mol. The fourth-order valence-corrected chi connectivity index (χ4v) is 3.60. The van der Waals surface area contributed by atoms with Gasteiger partial charge in [-0.2, -0.15) is 4.31 Å². The van der Waals surface area contributed by atoms with E-state index >= 15 is 0 Å². The molecule has 0 spiro atoms. The van der Waals surface area contributed by atoms with Gasteiger partial charge >= 0.3 is 0 Å². The van der Waals surface area contributed by atoms with Crippen molar-refractivity contribution in [3.8, 4) is 0 Å². The van der Waals surface area contributed by atoms with Crippen LogP contribution >= 0.6 is 0 Å². The van der Waals surface area contributed by atoms with Gasteiger partial charge in [0.05, 0.1) is 18.5 Å². The van der Waals surface area contributed by atoms with Crippen LogP contribution in [0.25, 0.3) is 0 Å². The molecule has 0 aromatic heterocycles. The molecule has 0 amide bonds. The number of fused-ring (bicyclic) bond motifs is 1. The van der Waals surface area contributed by atoms with Crippen LogP contribution in [0.2, 0.25) is 0 Å². The summed E-state index contributed by atoms with van der Waals surface area (Å²) in [6.07, 6.45) is 0.757. The quantitative estimate of drug-likeness (QED) is 0.834. The second-order valence-corrected chi connectivity index (χ2v) is 7.39. The molecule has 5 nitrogen and oxygen atoms in total. The summed E-state index contributed by atoms with van der Waals surface area (Å²) in [5.41, 5.74) is 8.69. The van der Waals surface area contributed by atoms with E-state index in [2.05, 4.69) is 0 Å². The van der Waals surface area contributed by atoms with E-state index in [-0.39, 0.29) is 18.5 Å². The summed E-state index contributed by atoms with van der Waals surface area (Å²) < 4.78 is 31.4. The lowest BCUT2D eigenvalue weighted by atomic mass is 10.00. The van der Waals surface area contributed by atoms with Crippen LogP contribution in [-0.2, 0) is 27.7 Å². The maximum absolute atomic E-state index is 12.3.